The second-order valence-corrected chi connectivity index (χ2v) is 8.51. The van der Waals surface area contributed by atoms with Crippen molar-refractivity contribution in [3.63, 3.8) is 0 Å². The van der Waals surface area contributed by atoms with Crippen LogP contribution in [0.4, 0.5) is 0 Å². The molecular formula is C23H26N4O3. The summed E-state index contributed by atoms with van der Waals surface area (Å²) in [5.74, 6) is 1.06. The zero-order valence-electron chi connectivity index (χ0n) is 17.4. The third kappa shape index (κ3) is 3.23. The van der Waals surface area contributed by atoms with Gasteiger partial charge < -0.3 is 19.2 Å². The number of para-hydroxylation sites is 1. The number of carbonyl (C=O) groups excluding carboxylic acids is 1. The molecule has 0 spiro atoms. The summed E-state index contributed by atoms with van der Waals surface area (Å²) in [6, 6.07) is 7.72. The number of hydrogen-bond acceptors (Lipinski definition) is 5. The lowest BCUT2D eigenvalue weighted by Gasteiger charge is -2.32. The molecule has 0 bridgehead atoms. The van der Waals surface area contributed by atoms with Crippen LogP contribution in [0.1, 0.15) is 52.0 Å². The van der Waals surface area contributed by atoms with E-state index in [1.807, 2.05) is 43.1 Å². The molecule has 4 heterocycles. The van der Waals surface area contributed by atoms with E-state index >= 15 is 0 Å². The maximum Gasteiger partial charge on any atom is 0.289 e. The quantitative estimate of drug-likeness (QED) is 0.708. The number of aromatic amines is 1. The molecule has 7 nitrogen and oxygen atoms in total. The van der Waals surface area contributed by atoms with Crippen LogP contribution < -0.4 is 5.56 Å². The molecule has 1 fully saturated rings. The molecule has 0 radical (unpaired) electrons. The van der Waals surface area contributed by atoms with Crippen LogP contribution >= 0.6 is 0 Å². The van der Waals surface area contributed by atoms with Crippen LogP contribution in [0.5, 0.6) is 0 Å². The summed E-state index contributed by atoms with van der Waals surface area (Å²) in [6.45, 7) is 4.70. The summed E-state index contributed by atoms with van der Waals surface area (Å²) in [4.78, 5) is 37.7. The van der Waals surface area contributed by atoms with Crippen LogP contribution in [0.25, 0.3) is 11.0 Å². The summed E-state index contributed by atoms with van der Waals surface area (Å²) in [5.41, 5.74) is 3.25. The van der Waals surface area contributed by atoms with E-state index in [4.69, 9.17) is 9.40 Å². The predicted octanol–water partition coefficient (Wildman–Crippen LogP) is 2.83. The molecule has 1 saturated heterocycles. The zero-order chi connectivity index (χ0) is 20.8. The number of rotatable bonds is 2. The molecule has 2 aromatic heterocycles. The molecule has 1 aromatic carbocycles. The van der Waals surface area contributed by atoms with Gasteiger partial charge in [0.2, 0.25) is 0 Å². The predicted molar refractivity (Wildman–Crippen MR) is 114 cm³/mol. The Hall–Kier alpha value is -2.93. The van der Waals surface area contributed by atoms with Gasteiger partial charge in [0.1, 0.15) is 11.4 Å². The lowest BCUT2D eigenvalue weighted by atomic mass is 9.96. The molecule has 0 saturated carbocycles. The van der Waals surface area contributed by atoms with Crippen molar-refractivity contribution in [1.82, 2.24) is 19.8 Å². The van der Waals surface area contributed by atoms with Gasteiger partial charge in [-0.3, -0.25) is 9.59 Å². The highest BCUT2D eigenvalue weighted by Crippen LogP contribution is 2.30. The molecule has 2 aliphatic heterocycles. The molecule has 0 aliphatic carbocycles. The van der Waals surface area contributed by atoms with Gasteiger partial charge in [0.15, 0.2) is 5.76 Å². The third-order valence-corrected chi connectivity index (χ3v) is 6.41. The largest absolute Gasteiger partial charge is 0.451 e. The molecule has 1 amide bonds. The fourth-order valence-corrected chi connectivity index (χ4v) is 4.68. The normalized spacial score (nSPS) is 19.8. The van der Waals surface area contributed by atoms with Crippen LogP contribution in [-0.2, 0) is 13.0 Å². The van der Waals surface area contributed by atoms with Crippen molar-refractivity contribution in [2.24, 2.45) is 0 Å². The molecule has 1 atom stereocenters. The van der Waals surface area contributed by atoms with Crippen molar-refractivity contribution < 1.29 is 9.21 Å². The number of amides is 1. The molecule has 30 heavy (non-hydrogen) atoms. The Bertz CT molecular complexity index is 1180. The van der Waals surface area contributed by atoms with Crippen molar-refractivity contribution in [3.8, 4) is 0 Å². The molecular weight excluding hydrogens is 380 g/mol. The first kappa shape index (κ1) is 19.1. The maximum atomic E-state index is 13.2. The summed E-state index contributed by atoms with van der Waals surface area (Å²) >= 11 is 0. The van der Waals surface area contributed by atoms with E-state index in [2.05, 4.69) is 9.88 Å². The minimum Gasteiger partial charge on any atom is -0.451 e. The summed E-state index contributed by atoms with van der Waals surface area (Å²) < 4.78 is 5.89. The third-order valence-electron chi connectivity index (χ3n) is 6.41. The number of fused-ring (bicyclic) bond motifs is 2. The first-order valence-corrected chi connectivity index (χ1v) is 10.6. The number of carbonyl (C=O) groups is 1. The summed E-state index contributed by atoms with van der Waals surface area (Å²) in [5, 5.41) is 0.972. The minimum absolute atomic E-state index is 0.0324. The van der Waals surface area contributed by atoms with E-state index in [-0.39, 0.29) is 17.4 Å². The fraction of sp³-hybridized carbons (Fsp3) is 0.435. The number of H-pyrrole nitrogens is 1. The highest BCUT2D eigenvalue weighted by Gasteiger charge is 2.31. The molecule has 2 aliphatic rings. The van der Waals surface area contributed by atoms with E-state index in [0.29, 0.717) is 31.2 Å². The van der Waals surface area contributed by atoms with Gasteiger partial charge in [-0.15, -0.1) is 0 Å². The van der Waals surface area contributed by atoms with Crippen molar-refractivity contribution in [1.29, 1.82) is 0 Å². The number of aryl methyl sites for hydroxylation is 1. The summed E-state index contributed by atoms with van der Waals surface area (Å²) in [7, 11) is 2.01. The highest BCUT2D eigenvalue weighted by atomic mass is 16.3. The van der Waals surface area contributed by atoms with Gasteiger partial charge in [-0.2, -0.15) is 0 Å². The molecule has 1 N–H and O–H groups in total. The first-order valence-electron chi connectivity index (χ1n) is 10.6. The second kappa shape index (κ2) is 7.40. The van der Waals surface area contributed by atoms with Crippen molar-refractivity contribution in [2.45, 2.75) is 38.6 Å². The molecule has 156 valence electrons. The van der Waals surface area contributed by atoms with Gasteiger partial charge in [0, 0.05) is 49.5 Å². The zero-order valence-corrected chi connectivity index (χ0v) is 17.4. The van der Waals surface area contributed by atoms with E-state index < -0.39 is 0 Å². The van der Waals surface area contributed by atoms with Crippen molar-refractivity contribution >= 4 is 16.9 Å². The van der Waals surface area contributed by atoms with E-state index in [9.17, 15) is 9.59 Å². The molecule has 3 aromatic rings. The molecule has 5 rings (SSSR count). The van der Waals surface area contributed by atoms with Crippen LogP contribution in [0.15, 0.2) is 33.5 Å². The average molecular weight is 406 g/mol. The van der Waals surface area contributed by atoms with Crippen LogP contribution in [0.3, 0.4) is 0 Å². The summed E-state index contributed by atoms with van der Waals surface area (Å²) in [6.07, 6.45) is 2.57. The topological polar surface area (TPSA) is 82.4 Å². The monoisotopic (exact) mass is 406 g/mol. The number of benzene rings is 1. The van der Waals surface area contributed by atoms with Gasteiger partial charge >= 0.3 is 0 Å². The first-order chi connectivity index (χ1) is 14.5. The lowest BCUT2D eigenvalue weighted by molar-refractivity contribution is 0.0673. The van der Waals surface area contributed by atoms with E-state index in [1.54, 1.807) is 0 Å². The van der Waals surface area contributed by atoms with Gasteiger partial charge in [-0.1, -0.05) is 18.2 Å². The second-order valence-electron chi connectivity index (χ2n) is 8.51. The van der Waals surface area contributed by atoms with Gasteiger partial charge in [-0.25, -0.2) is 4.98 Å². The van der Waals surface area contributed by atoms with Crippen LogP contribution in [0.2, 0.25) is 0 Å². The minimum atomic E-state index is -0.0877. The Morgan fingerprint density at radius 3 is 2.93 bits per heavy atom. The lowest BCUT2D eigenvalue weighted by Crippen LogP contribution is -2.41. The standard InChI is InChI=1S/C23H26N4O3/c1-14-16-7-3-4-8-19(16)30-20(14)23(29)27-10-5-6-15(12-27)21-24-18-9-11-26(2)13-17(18)22(28)25-21/h3-4,7-8,15H,5-6,9-13H2,1-2H3,(H,24,25,28). The Morgan fingerprint density at radius 2 is 2.10 bits per heavy atom. The number of piperidine rings is 1. The Morgan fingerprint density at radius 1 is 1.27 bits per heavy atom. The average Bonchev–Trinajstić information content (AvgIpc) is 3.10. The van der Waals surface area contributed by atoms with Gasteiger partial charge in [0.25, 0.3) is 11.5 Å². The number of likely N-dealkylation sites (N-methyl/N-ethyl adjacent to an activating group) is 1. The number of nitrogens with one attached hydrogen (secondary N) is 1. The van der Waals surface area contributed by atoms with Crippen LogP contribution in [-0.4, -0.2) is 52.4 Å². The number of nitrogens with zero attached hydrogens (tertiary/aromatic N) is 3. The van der Waals surface area contributed by atoms with Crippen molar-refractivity contribution in [3.05, 3.63) is 63.0 Å². The maximum absolute atomic E-state index is 13.2. The number of hydrogen-bond donors (Lipinski definition) is 1. The Kier molecular flexibility index (Phi) is 4.70. The fourth-order valence-electron chi connectivity index (χ4n) is 4.68. The smallest absolute Gasteiger partial charge is 0.289 e. The van der Waals surface area contributed by atoms with Crippen molar-refractivity contribution in [2.75, 3.05) is 26.7 Å². The van der Waals surface area contributed by atoms with E-state index in [1.165, 1.54) is 0 Å². The Balaban J connectivity index is 1.41. The van der Waals surface area contributed by atoms with Gasteiger partial charge in [-0.05, 0) is 32.9 Å². The van der Waals surface area contributed by atoms with Crippen LogP contribution in [0, 0.1) is 6.92 Å². The Labute approximate surface area is 174 Å². The molecule has 7 heteroatoms. The van der Waals surface area contributed by atoms with E-state index in [0.717, 1.165) is 53.6 Å². The SMILES string of the molecule is Cc1c(C(=O)N2CCCC(c3nc4c(c(=O)[nH]3)CN(C)CC4)C2)oc2ccccc12. The van der Waals surface area contributed by atoms with Gasteiger partial charge in [0.05, 0.1) is 11.3 Å². The number of aromatic nitrogens is 2. The number of furan rings is 1. The molecule has 1 unspecified atom stereocenters. The highest BCUT2D eigenvalue weighted by molar-refractivity contribution is 5.99. The number of likely N-dealkylation sites (tertiary alicyclic amines) is 1.